The number of rotatable bonds is 7. The van der Waals surface area contributed by atoms with Crippen molar-refractivity contribution in [1.29, 1.82) is 0 Å². The third-order valence-electron chi connectivity index (χ3n) is 6.27. The summed E-state index contributed by atoms with van der Waals surface area (Å²) in [5, 5.41) is 12.0. The van der Waals surface area contributed by atoms with Gasteiger partial charge >= 0.3 is 5.97 Å². The number of benzene rings is 2. The van der Waals surface area contributed by atoms with Gasteiger partial charge in [0.15, 0.2) is 5.82 Å². The summed E-state index contributed by atoms with van der Waals surface area (Å²) in [6.07, 6.45) is 10.9. The number of carboxylic acids is 1. The van der Waals surface area contributed by atoms with E-state index in [0.29, 0.717) is 18.2 Å². The summed E-state index contributed by atoms with van der Waals surface area (Å²) in [6.45, 7) is 0. The van der Waals surface area contributed by atoms with E-state index in [1.807, 2.05) is 36.7 Å². The fourth-order valence-electron chi connectivity index (χ4n) is 4.35. The predicted molar refractivity (Wildman–Crippen MR) is 123 cm³/mol. The number of carbonyl (C=O) groups is 1. The number of nitrogens with zero attached hydrogens (tertiary/aromatic N) is 2. The Labute approximate surface area is 183 Å². The molecule has 1 atom stereocenters. The zero-order valence-corrected chi connectivity index (χ0v) is 17.9. The smallest absolute Gasteiger partial charge is 0.321 e. The van der Waals surface area contributed by atoms with Crippen LogP contribution in [0.4, 0.5) is 0 Å². The summed E-state index contributed by atoms with van der Waals surface area (Å²) in [6, 6.07) is 16.0. The summed E-state index contributed by atoms with van der Waals surface area (Å²) in [5.41, 5.74) is 5.46. The molecule has 1 aliphatic carbocycles. The fraction of sp³-hybridized carbons (Fsp3) is 0.346. The van der Waals surface area contributed by atoms with Crippen LogP contribution < -0.4 is 5.32 Å². The molecule has 2 N–H and O–H groups in total. The van der Waals surface area contributed by atoms with Crippen LogP contribution >= 0.6 is 0 Å². The third-order valence-corrected chi connectivity index (χ3v) is 6.27. The van der Waals surface area contributed by atoms with Crippen LogP contribution in [0.5, 0.6) is 0 Å². The van der Waals surface area contributed by atoms with Gasteiger partial charge in [0.1, 0.15) is 6.04 Å². The van der Waals surface area contributed by atoms with Crippen molar-refractivity contribution >= 4 is 5.97 Å². The lowest BCUT2D eigenvalue weighted by molar-refractivity contribution is -0.139. The quantitative estimate of drug-likeness (QED) is 0.563. The maximum atomic E-state index is 11.2. The van der Waals surface area contributed by atoms with E-state index in [1.54, 1.807) is 7.05 Å². The van der Waals surface area contributed by atoms with Crippen molar-refractivity contribution in [2.75, 3.05) is 7.05 Å². The molecule has 1 aromatic heterocycles. The van der Waals surface area contributed by atoms with Gasteiger partial charge < -0.3 is 10.4 Å². The molecule has 0 bridgehead atoms. The fourth-order valence-corrected chi connectivity index (χ4v) is 4.35. The van der Waals surface area contributed by atoms with Crippen LogP contribution in [-0.4, -0.2) is 34.1 Å². The minimum Gasteiger partial charge on any atom is -0.480 e. The molecule has 0 radical (unpaired) electrons. The first-order valence-electron chi connectivity index (χ1n) is 11.1. The number of likely N-dealkylation sites (N-methyl/N-ethyl adjacent to an activating group) is 1. The summed E-state index contributed by atoms with van der Waals surface area (Å²) in [7, 11) is 1.66. The third kappa shape index (κ3) is 5.17. The molecule has 5 nitrogen and oxygen atoms in total. The van der Waals surface area contributed by atoms with Crippen LogP contribution in [0, 0.1) is 0 Å². The standard InChI is InChI=1S/C26H29N3O2/c1-27-24(26(30)31)15-18-7-9-22(10-8-18)25-28-16-23(17-29-25)21-13-11-20(12-14-21)19-5-3-2-4-6-19/h7-14,16-17,19,24,27H,2-6,15H2,1H3,(H,30,31). The molecular formula is C26H29N3O2. The van der Waals surface area contributed by atoms with Gasteiger partial charge in [-0.3, -0.25) is 4.79 Å². The Bertz CT molecular complexity index is 992. The summed E-state index contributed by atoms with van der Waals surface area (Å²) < 4.78 is 0. The second kappa shape index (κ2) is 9.84. The Hall–Kier alpha value is -3.05. The number of aliphatic carboxylic acids is 1. The summed E-state index contributed by atoms with van der Waals surface area (Å²) in [5.74, 6) is 0.526. The topological polar surface area (TPSA) is 75.1 Å². The van der Waals surface area contributed by atoms with Gasteiger partial charge in [-0.1, -0.05) is 67.8 Å². The molecule has 0 saturated heterocycles. The van der Waals surface area contributed by atoms with Gasteiger partial charge in [-0.2, -0.15) is 0 Å². The Morgan fingerprint density at radius 1 is 0.935 bits per heavy atom. The number of hydrogen-bond acceptors (Lipinski definition) is 4. The van der Waals surface area contributed by atoms with Gasteiger partial charge in [0.05, 0.1) is 0 Å². The molecule has 1 saturated carbocycles. The van der Waals surface area contributed by atoms with E-state index in [4.69, 9.17) is 0 Å². The van der Waals surface area contributed by atoms with E-state index in [1.165, 1.54) is 37.7 Å². The average Bonchev–Trinajstić information content (AvgIpc) is 2.83. The van der Waals surface area contributed by atoms with Crippen molar-refractivity contribution in [2.24, 2.45) is 0 Å². The van der Waals surface area contributed by atoms with E-state index in [0.717, 1.165) is 22.3 Å². The van der Waals surface area contributed by atoms with Crippen LogP contribution in [0.2, 0.25) is 0 Å². The lowest BCUT2D eigenvalue weighted by Gasteiger charge is -2.22. The minimum absolute atomic E-state index is 0.433. The molecule has 1 unspecified atom stereocenters. The van der Waals surface area contributed by atoms with E-state index in [-0.39, 0.29) is 0 Å². The molecular weight excluding hydrogens is 386 g/mol. The number of aromatic nitrogens is 2. The Kier molecular flexibility index (Phi) is 6.73. The largest absolute Gasteiger partial charge is 0.480 e. The molecule has 1 aliphatic rings. The van der Waals surface area contributed by atoms with Crippen molar-refractivity contribution in [3.05, 3.63) is 72.1 Å². The zero-order chi connectivity index (χ0) is 21.6. The Morgan fingerprint density at radius 3 is 2.13 bits per heavy atom. The van der Waals surface area contributed by atoms with Crippen molar-refractivity contribution in [3.8, 4) is 22.5 Å². The highest BCUT2D eigenvalue weighted by molar-refractivity contribution is 5.74. The van der Waals surface area contributed by atoms with Crippen molar-refractivity contribution in [3.63, 3.8) is 0 Å². The van der Waals surface area contributed by atoms with E-state index < -0.39 is 12.0 Å². The summed E-state index contributed by atoms with van der Waals surface area (Å²) >= 11 is 0. The molecule has 1 fully saturated rings. The monoisotopic (exact) mass is 415 g/mol. The average molecular weight is 416 g/mol. The molecule has 3 aromatic rings. The van der Waals surface area contributed by atoms with E-state index >= 15 is 0 Å². The van der Waals surface area contributed by atoms with Crippen LogP contribution in [0.15, 0.2) is 60.9 Å². The maximum Gasteiger partial charge on any atom is 0.321 e. The van der Waals surface area contributed by atoms with Gasteiger partial charge in [0, 0.05) is 23.5 Å². The molecule has 1 heterocycles. The Morgan fingerprint density at radius 2 is 1.55 bits per heavy atom. The minimum atomic E-state index is -0.850. The lowest BCUT2D eigenvalue weighted by atomic mass is 9.84. The second-order valence-electron chi connectivity index (χ2n) is 8.33. The van der Waals surface area contributed by atoms with Crippen LogP contribution in [0.25, 0.3) is 22.5 Å². The maximum absolute atomic E-state index is 11.2. The zero-order valence-electron chi connectivity index (χ0n) is 17.9. The molecule has 160 valence electrons. The van der Waals surface area contributed by atoms with Crippen molar-refractivity contribution in [2.45, 2.75) is 50.5 Å². The first-order valence-corrected chi connectivity index (χ1v) is 11.1. The van der Waals surface area contributed by atoms with Crippen LogP contribution in [0.1, 0.15) is 49.1 Å². The van der Waals surface area contributed by atoms with Gasteiger partial charge in [0.2, 0.25) is 0 Å². The van der Waals surface area contributed by atoms with Crippen LogP contribution in [0.3, 0.4) is 0 Å². The highest BCUT2D eigenvalue weighted by Gasteiger charge is 2.16. The molecule has 5 heteroatoms. The van der Waals surface area contributed by atoms with E-state index in [2.05, 4.69) is 39.6 Å². The van der Waals surface area contributed by atoms with E-state index in [9.17, 15) is 9.90 Å². The number of hydrogen-bond donors (Lipinski definition) is 2. The van der Waals surface area contributed by atoms with Gasteiger partial charge in [-0.05, 0) is 48.9 Å². The summed E-state index contributed by atoms with van der Waals surface area (Å²) in [4.78, 5) is 20.3. The lowest BCUT2D eigenvalue weighted by Crippen LogP contribution is -2.35. The molecule has 0 spiro atoms. The van der Waals surface area contributed by atoms with Gasteiger partial charge in [-0.25, -0.2) is 9.97 Å². The van der Waals surface area contributed by atoms with Gasteiger partial charge in [0.25, 0.3) is 0 Å². The van der Waals surface area contributed by atoms with Crippen molar-refractivity contribution in [1.82, 2.24) is 15.3 Å². The molecule has 0 aliphatic heterocycles. The van der Waals surface area contributed by atoms with Gasteiger partial charge in [-0.15, -0.1) is 0 Å². The SMILES string of the molecule is CNC(Cc1ccc(-c2ncc(-c3ccc(C4CCCCC4)cc3)cn2)cc1)C(=O)O. The first-order chi connectivity index (χ1) is 15.1. The molecule has 31 heavy (non-hydrogen) atoms. The highest BCUT2D eigenvalue weighted by atomic mass is 16.4. The number of nitrogens with one attached hydrogen (secondary N) is 1. The number of carboxylic acid groups (broad SMARTS) is 1. The predicted octanol–water partition coefficient (Wildman–Crippen LogP) is 5.07. The molecule has 2 aromatic carbocycles. The van der Waals surface area contributed by atoms with Crippen molar-refractivity contribution < 1.29 is 9.90 Å². The second-order valence-corrected chi connectivity index (χ2v) is 8.33. The Balaban J connectivity index is 1.43. The normalized spacial score (nSPS) is 15.5. The molecule has 0 amide bonds. The first kappa shape index (κ1) is 21.2. The van der Waals surface area contributed by atoms with Crippen LogP contribution in [-0.2, 0) is 11.2 Å². The highest BCUT2D eigenvalue weighted by Crippen LogP contribution is 2.33. The molecule has 4 rings (SSSR count).